The zero-order valence-electron chi connectivity index (χ0n) is 10.1. The number of nitrogens with one attached hydrogen (secondary N) is 1. The molecule has 92 valence electrons. The molecular weight excluding hydrogens is 208 g/mol. The first kappa shape index (κ1) is 13.0. The van der Waals surface area contributed by atoms with Gasteiger partial charge in [0.1, 0.15) is 0 Å². The minimum Gasteiger partial charge on any atom is -0.481 e. The van der Waals surface area contributed by atoms with Crippen molar-refractivity contribution in [3.63, 3.8) is 0 Å². The molecule has 2 N–H and O–H groups in total. The summed E-state index contributed by atoms with van der Waals surface area (Å²) in [5.41, 5.74) is -0.686. The average Bonchev–Trinajstić information content (AvgIpc) is 2.63. The molecule has 1 aliphatic rings. The summed E-state index contributed by atoms with van der Waals surface area (Å²) in [7, 11) is 1.59. The van der Waals surface area contributed by atoms with E-state index in [-0.39, 0.29) is 18.4 Å². The van der Waals surface area contributed by atoms with Gasteiger partial charge in [-0.15, -0.1) is 0 Å². The smallest absolute Gasteiger partial charge is 0.311 e. The van der Waals surface area contributed by atoms with Crippen LogP contribution < -0.4 is 5.32 Å². The van der Waals surface area contributed by atoms with Crippen LogP contribution in [-0.2, 0) is 9.59 Å². The molecule has 0 aliphatic carbocycles. The summed E-state index contributed by atoms with van der Waals surface area (Å²) < 4.78 is 0. The Morgan fingerprint density at radius 2 is 2.12 bits per heavy atom. The Labute approximate surface area is 95.8 Å². The Morgan fingerprint density at radius 3 is 2.50 bits per heavy atom. The summed E-state index contributed by atoms with van der Waals surface area (Å²) in [5.74, 6) is -0.730. The summed E-state index contributed by atoms with van der Waals surface area (Å²) in [6, 6.07) is 0. The molecule has 0 aromatic carbocycles. The second-order valence-electron chi connectivity index (χ2n) is 4.75. The molecule has 5 heteroatoms. The SMILES string of the molecule is CNC(=O)CN1CCC(C(=O)O)(C(C)C)C1. The lowest BCUT2D eigenvalue weighted by molar-refractivity contribution is -0.151. The van der Waals surface area contributed by atoms with Crippen LogP contribution in [0.2, 0.25) is 0 Å². The number of carbonyl (C=O) groups is 2. The minimum absolute atomic E-state index is 0.0649. The van der Waals surface area contributed by atoms with Crippen LogP contribution in [0.15, 0.2) is 0 Å². The Hall–Kier alpha value is -1.10. The van der Waals surface area contributed by atoms with E-state index in [1.54, 1.807) is 7.05 Å². The van der Waals surface area contributed by atoms with Crippen molar-refractivity contribution in [2.75, 3.05) is 26.7 Å². The van der Waals surface area contributed by atoms with Crippen LogP contribution in [0.4, 0.5) is 0 Å². The van der Waals surface area contributed by atoms with E-state index in [4.69, 9.17) is 0 Å². The number of aliphatic carboxylic acids is 1. The molecule has 5 nitrogen and oxygen atoms in total. The van der Waals surface area contributed by atoms with Crippen LogP contribution >= 0.6 is 0 Å². The first-order valence-corrected chi connectivity index (χ1v) is 5.58. The van der Waals surface area contributed by atoms with E-state index in [2.05, 4.69) is 5.32 Å². The fourth-order valence-corrected chi connectivity index (χ4v) is 2.22. The van der Waals surface area contributed by atoms with Crippen LogP contribution in [0.25, 0.3) is 0 Å². The van der Waals surface area contributed by atoms with Crippen LogP contribution in [0.3, 0.4) is 0 Å². The molecule has 16 heavy (non-hydrogen) atoms. The van der Waals surface area contributed by atoms with Crippen LogP contribution in [0.1, 0.15) is 20.3 Å². The van der Waals surface area contributed by atoms with Gasteiger partial charge in [-0.3, -0.25) is 14.5 Å². The summed E-state index contributed by atoms with van der Waals surface area (Å²) in [6.07, 6.45) is 0.622. The van der Waals surface area contributed by atoms with E-state index >= 15 is 0 Å². The molecule has 0 radical (unpaired) electrons. The Bertz CT molecular complexity index is 291. The molecule has 1 unspecified atom stereocenters. The molecule has 0 bridgehead atoms. The van der Waals surface area contributed by atoms with Gasteiger partial charge in [0.15, 0.2) is 0 Å². The van der Waals surface area contributed by atoms with Crippen molar-refractivity contribution < 1.29 is 14.7 Å². The summed E-state index contributed by atoms with van der Waals surface area (Å²) in [5, 5.41) is 11.9. The maximum atomic E-state index is 11.3. The topological polar surface area (TPSA) is 69.6 Å². The van der Waals surface area contributed by atoms with Crippen molar-refractivity contribution in [2.45, 2.75) is 20.3 Å². The van der Waals surface area contributed by atoms with Crippen molar-refractivity contribution in [1.82, 2.24) is 10.2 Å². The molecule has 0 aromatic rings. The van der Waals surface area contributed by atoms with Gasteiger partial charge in [0.2, 0.25) is 5.91 Å². The number of carboxylic acid groups (broad SMARTS) is 1. The molecule has 1 aliphatic heterocycles. The largest absolute Gasteiger partial charge is 0.481 e. The van der Waals surface area contributed by atoms with Gasteiger partial charge >= 0.3 is 5.97 Å². The lowest BCUT2D eigenvalue weighted by atomic mass is 9.76. The van der Waals surface area contributed by atoms with E-state index in [0.29, 0.717) is 19.5 Å². The summed E-state index contributed by atoms with van der Waals surface area (Å²) >= 11 is 0. The third-order valence-corrected chi connectivity index (χ3v) is 3.56. The highest BCUT2D eigenvalue weighted by Crippen LogP contribution is 2.37. The highest BCUT2D eigenvalue weighted by molar-refractivity contribution is 5.79. The number of carboxylic acids is 1. The third-order valence-electron chi connectivity index (χ3n) is 3.56. The maximum Gasteiger partial charge on any atom is 0.311 e. The monoisotopic (exact) mass is 228 g/mol. The van der Waals surface area contributed by atoms with E-state index in [0.717, 1.165) is 0 Å². The number of likely N-dealkylation sites (tertiary alicyclic amines) is 1. The molecule has 1 saturated heterocycles. The lowest BCUT2D eigenvalue weighted by Crippen LogP contribution is -2.41. The number of amides is 1. The predicted octanol–water partition coefficient (Wildman–Crippen LogP) is 0.165. The second-order valence-corrected chi connectivity index (χ2v) is 4.75. The van der Waals surface area contributed by atoms with Gasteiger partial charge in [0, 0.05) is 13.6 Å². The Kier molecular flexibility index (Phi) is 3.91. The Morgan fingerprint density at radius 1 is 1.50 bits per heavy atom. The van der Waals surface area contributed by atoms with E-state index in [1.807, 2.05) is 18.7 Å². The standard InChI is InChI=1S/C11H20N2O3/c1-8(2)11(10(15)16)4-5-13(7-11)6-9(14)12-3/h8H,4-7H2,1-3H3,(H,12,14)(H,15,16). The van der Waals surface area contributed by atoms with Gasteiger partial charge in [-0.1, -0.05) is 13.8 Å². The number of rotatable bonds is 4. The third kappa shape index (κ3) is 2.35. The number of nitrogens with zero attached hydrogens (tertiary/aromatic N) is 1. The summed E-state index contributed by atoms with van der Waals surface area (Å²) in [6.45, 7) is 5.29. The number of hydrogen-bond donors (Lipinski definition) is 2. The van der Waals surface area contributed by atoms with Crippen LogP contribution in [-0.4, -0.2) is 48.6 Å². The molecular formula is C11H20N2O3. The molecule has 1 atom stereocenters. The van der Waals surface area contributed by atoms with Crippen LogP contribution in [0, 0.1) is 11.3 Å². The molecule has 1 amide bonds. The number of hydrogen-bond acceptors (Lipinski definition) is 3. The second kappa shape index (κ2) is 4.82. The molecule has 0 spiro atoms. The van der Waals surface area contributed by atoms with Gasteiger partial charge in [-0.05, 0) is 18.9 Å². The van der Waals surface area contributed by atoms with Gasteiger partial charge in [0.05, 0.1) is 12.0 Å². The minimum atomic E-state index is -0.748. The molecule has 0 saturated carbocycles. The van der Waals surface area contributed by atoms with Gasteiger partial charge in [-0.25, -0.2) is 0 Å². The van der Waals surface area contributed by atoms with E-state index < -0.39 is 11.4 Å². The Balaban J connectivity index is 2.68. The van der Waals surface area contributed by atoms with Gasteiger partial charge < -0.3 is 10.4 Å². The van der Waals surface area contributed by atoms with Gasteiger partial charge in [-0.2, -0.15) is 0 Å². The first-order chi connectivity index (χ1) is 7.42. The van der Waals surface area contributed by atoms with Crippen molar-refractivity contribution in [3.8, 4) is 0 Å². The van der Waals surface area contributed by atoms with E-state index in [1.165, 1.54) is 0 Å². The van der Waals surface area contributed by atoms with Crippen molar-refractivity contribution in [3.05, 3.63) is 0 Å². The molecule has 1 rings (SSSR count). The quantitative estimate of drug-likeness (QED) is 0.719. The first-order valence-electron chi connectivity index (χ1n) is 5.58. The number of carbonyl (C=O) groups excluding carboxylic acids is 1. The average molecular weight is 228 g/mol. The predicted molar refractivity (Wildman–Crippen MR) is 60.0 cm³/mol. The highest BCUT2D eigenvalue weighted by Gasteiger charge is 2.47. The number of likely N-dealkylation sites (N-methyl/N-ethyl adjacent to an activating group) is 1. The molecule has 1 fully saturated rings. The fourth-order valence-electron chi connectivity index (χ4n) is 2.22. The zero-order valence-corrected chi connectivity index (χ0v) is 10.1. The zero-order chi connectivity index (χ0) is 12.3. The maximum absolute atomic E-state index is 11.3. The van der Waals surface area contributed by atoms with Crippen LogP contribution in [0.5, 0.6) is 0 Å². The summed E-state index contributed by atoms with van der Waals surface area (Å²) in [4.78, 5) is 24.5. The highest BCUT2D eigenvalue weighted by atomic mass is 16.4. The van der Waals surface area contributed by atoms with E-state index in [9.17, 15) is 14.7 Å². The fraction of sp³-hybridized carbons (Fsp3) is 0.818. The molecule has 1 heterocycles. The van der Waals surface area contributed by atoms with Gasteiger partial charge in [0.25, 0.3) is 0 Å². The van der Waals surface area contributed by atoms with Crippen molar-refractivity contribution >= 4 is 11.9 Å². The van der Waals surface area contributed by atoms with Crippen molar-refractivity contribution in [1.29, 1.82) is 0 Å². The lowest BCUT2D eigenvalue weighted by Gasteiger charge is -2.28. The molecule has 0 aromatic heterocycles. The van der Waals surface area contributed by atoms with Crippen molar-refractivity contribution in [2.24, 2.45) is 11.3 Å². The normalized spacial score (nSPS) is 26.0.